The normalized spacial score (nSPS) is 17.9. The molecule has 1 aliphatic rings. The first-order chi connectivity index (χ1) is 14.9. The molecule has 0 amide bonds. The molecule has 0 spiro atoms. The molecule has 1 atom stereocenters. The number of likely N-dealkylation sites (tertiary alicyclic amines) is 1. The van der Waals surface area contributed by atoms with Crippen LogP contribution in [0.4, 0.5) is 24.8 Å². The standard InChI is InChI=1S/C20H20ClF3N6O/c1-30-6-2-3-11(9-30)26-20-27-17-12(8-15(23)16(24)18(17)28-20)19(29-31)25-10-4-5-14(22)13(21)7-10/h4-5,7-8,11,31H,2-3,6,9H2,1H3,(H,25,29)(H2,26,27,28). The van der Waals surface area contributed by atoms with Crippen LogP contribution < -0.4 is 10.8 Å². The monoisotopic (exact) mass is 452 g/mol. The van der Waals surface area contributed by atoms with Gasteiger partial charge in [0.15, 0.2) is 17.5 Å². The summed E-state index contributed by atoms with van der Waals surface area (Å²) in [4.78, 5) is 13.4. The number of anilines is 1. The Morgan fingerprint density at radius 2 is 2.10 bits per heavy atom. The van der Waals surface area contributed by atoms with Crippen LogP contribution in [-0.4, -0.2) is 52.1 Å². The van der Waals surface area contributed by atoms with Crippen LogP contribution in [0.1, 0.15) is 18.4 Å². The topological polar surface area (TPSA) is 88.6 Å². The molecule has 0 aliphatic carbocycles. The minimum atomic E-state index is -1.15. The van der Waals surface area contributed by atoms with Crippen molar-refractivity contribution in [2.45, 2.75) is 18.9 Å². The Labute approximate surface area is 180 Å². The number of likely N-dealkylation sites (N-methyl/N-ethyl adjacent to an activating group) is 1. The molecular formula is C20H20ClF3N6O. The summed E-state index contributed by atoms with van der Waals surface area (Å²) in [5, 5.41) is 12.7. The number of aromatic amines is 1. The van der Waals surface area contributed by atoms with E-state index in [-0.39, 0.29) is 45.1 Å². The molecule has 1 aromatic heterocycles. The number of nitrogens with zero attached hydrogens (tertiary/aromatic N) is 3. The number of amidine groups is 1. The van der Waals surface area contributed by atoms with E-state index in [0.29, 0.717) is 0 Å². The SMILES string of the molecule is CN1CCCC(Nc2nc3c(F)c(F)cc(C(=Nc4ccc(F)c(Cl)c4)NO)c3[nH]2)C1. The number of halogens is 4. The number of fused-ring (bicyclic) bond motifs is 1. The molecule has 1 aliphatic heterocycles. The average Bonchev–Trinajstić information content (AvgIpc) is 3.15. The van der Waals surface area contributed by atoms with E-state index in [4.69, 9.17) is 11.6 Å². The number of nitrogens with one attached hydrogen (secondary N) is 3. The maximum atomic E-state index is 14.4. The quantitative estimate of drug-likeness (QED) is 0.271. The molecule has 2 heterocycles. The second-order valence-corrected chi connectivity index (χ2v) is 7.85. The van der Waals surface area contributed by atoms with Crippen molar-refractivity contribution in [1.29, 1.82) is 0 Å². The number of H-pyrrole nitrogens is 1. The van der Waals surface area contributed by atoms with Gasteiger partial charge in [0.1, 0.15) is 11.3 Å². The van der Waals surface area contributed by atoms with Gasteiger partial charge in [-0.25, -0.2) is 23.1 Å². The number of piperidine rings is 1. The summed E-state index contributed by atoms with van der Waals surface area (Å²) in [6, 6.07) is 4.67. The van der Waals surface area contributed by atoms with Gasteiger partial charge < -0.3 is 15.2 Å². The van der Waals surface area contributed by atoms with Crippen molar-refractivity contribution in [3.63, 3.8) is 0 Å². The number of benzene rings is 2. The largest absolute Gasteiger partial charge is 0.352 e. The number of rotatable bonds is 4. The summed E-state index contributed by atoms with van der Waals surface area (Å²) >= 11 is 5.77. The van der Waals surface area contributed by atoms with E-state index in [9.17, 15) is 18.4 Å². The molecule has 31 heavy (non-hydrogen) atoms. The molecule has 2 aromatic carbocycles. The third kappa shape index (κ3) is 4.46. The Balaban J connectivity index is 1.75. The van der Waals surface area contributed by atoms with Gasteiger partial charge in [0.25, 0.3) is 0 Å². The second kappa shape index (κ2) is 8.74. The maximum Gasteiger partial charge on any atom is 0.201 e. The molecule has 1 fully saturated rings. The number of hydrogen-bond acceptors (Lipinski definition) is 5. The van der Waals surface area contributed by atoms with Crippen molar-refractivity contribution in [1.82, 2.24) is 20.3 Å². The van der Waals surface area contributed by atoms with E-state index in [2.05, 4.69) is 25.2 Å². The minimum Gasteiger partial charge on any atom is -0.352 e. The zero-order valence-corrected chi connectivity index (χ0v) is 17.3. The minimum absolute atomic E-state index is 0.0400. The average molecular weight is 453 g/mol. The fourth-order valence-electron chi connectivity index (χ4n) is 3.66. The summed E-state index contributed by atoms with van der Waals surface area (Å²) in [6.07, 6.45) is 1.93. The highest BCUT2D eigenvalue weighted by Gasteiger charge is 2.22. The summed E-state index contributed by atoms with van der Waals surface area (Å²) in [5.74, 6) is -2.82. The number of aliphatic imine (C=N–C) groups is 1. The molecular weight excluding hydrogens is 433 g/mol. The highest BCUT2D eigenvalue weighted by atomic mass is 35.5. The Bertz CT molecular complexity index is 1150. The van der Waals surface area contributed by atoms with E-state index in [1.165, 1.54) is 12.1 Å². The van der Waals surface area contributed by atoms with Crippen molar-refractivity contribution >= 4 is 40.1 Å². The third-order valence-corrected chi connectivity index (χ3v) is 5.42. The summed E-state index contributed by atoms with van der Waals surface area (Å²) in [5.41, 5.74) is 2.03. The molecule has 7 nitrogen and oxygen atoms in total. The van der Waals surface area contributed by atoms with E-state index in [1.54, 1.807) is 0 Å². The van der Waals surface area contributed by atoms with Gasteiger partial charge in [-0.05, 0) is 50.7 Å². The lowest BCUT2D eigenvalue weighted by Crippen LogP contribution is -2.39. The number of aromatic nitrogens is 2. The predicted octanol–water partition coefficient (Wildman–Crippen LogP) is 4.20. The number of imidazole rings is 1. The summed E-state index contributed by atoms with van der Waals surface area (Å²) in [7, 11) is 2.01. The van der Waals surface area contributed by atoms with Gasteiger partial charge in [-0.3, -0.25) is 10.7 Å². The second-order valence-electron chi connectivity index (χ2n) is 7.45. The van der Waals surface area contributed by atoms with Crippen LogP contribution in [0.3, 0.4) is 0 Å². The van der Waals surface area contributed by atoms with Crippen LogP contribution in [0.25, 0.3) is 11.0 Å². The van der Waals surface area contributed by atoms with E-state index in [1.807, 2.05) is 12.5 Å². The van der Waals surface area contributed by atoms with E-state index < -0.39 is 17.5 Å². The van der Waals surface area contributed by atoms with Crippen LogP contribution in [-0.2, 0) is 0 Å². The molecule has 164 valence electrons. The number of hydrogen-bond donors (Lipinski definition) is 4. The fraction of sp³-hybridized carbons (Fsp3) is 0.300. The van der Waals surface area contributed by atoms with Gasteiger partial charge in [0.2, 0.25) is 5.95 Å². The lowest BCUT2D eigenvalue weighted by Gasteiger charge is -2.29. The highest BCUT2D eigenvalue weighted by Crippen LogP contribution is 2.27. The molecule has 0 bridgehead atoms. The smallest absolute Gasteiger partial charge is 0.201 e. The first kappa shape index (κ1) is 21.4. The van der Waals surface area contributed by atoms with Gasteiger partial charge in [-0.1, -0.05) is 11.6 Å². The molecule has 11 heteroatoms. The third-order valence-electron chi connectivity index (χ3n) is 5.13. The van der Waals surface area contributed by atoms with Crippen LogP contribution in [0.5, 0.6) is 0 Å². The Morgan fingerprint density at radius 1 is 1.29 bits per heavy atom. The lowest BCUT2D eigenvalue weighted by molar-refractivity contribution is 0.235. The number of hydroxylamine groups is 1. The van der Waals surface area contributed by atoms with Gasteiger partial charge in [-0.2, -0.15) is 0 Å². The molecule has 0 radical (unpaired) electrons. The predicted molar refractivity (Wildman–Crippen MR) is 113 cm³/mol. The Kier molecular flexibility index (Phi) is 6.03. The first-order valence-corrected chi connectivity index (χ1v) is 10.0. The van der Waals surface area contributed by atoms with Crippen LogP contribution >= 0.6 is 11.6 Å². The summed E-state index contributed by atoms with van der Waals surface area (Å²) < 4.78 is 42.1. The Morgan fingerprint density at radius 3 is 2.81 bits per heavy atom. The van der Waals surface area contributed by atoms with Gasteiger partial charge >= 0.3 is 0 Å². The fourth-order valence-corrected chi connectivity index (χ4v) is 3.84. The van der Waals surface area contributed by atoms with Crippen molar-refractivity contribution in [3.05, 3.63) is 52.3 Å². The molecule has 4 rings (SSSR count). The van der Waals surface area contributed by atoms with Crippen LogP contribution in [0.15, 0.2) is 29.3 Å². The highest BCUT2D eigenvalue weighted by molar-refractivity contribution is 6.31. The van der Waals surface area contributed by atoms with Crippen molar-refractivity contribution in [2.75, 3.05) is 25.5 Å². The zero-order chi connectivity index (χ0) is 22.1. The van der Waals surface area contributed by atoms with Gasteiger partial charge in [0.05, 0.1) is 16.2 Å². The van der Waals surface area contributed by atoms with Crippen molar-refractivity contribution < 1.29 is 18.4 Å². The van der Waals surface area contributed by atoms with Crippen molar-refractivity contribution in [2.24, 2.45) is 4.99 Å². The Hall–Kier alpha value is -2.82. The van der Waals surface area contributed by atoms with E-state index >= 15 is 0 Å². The van der Waals surface area contributed by atoms with Crippen molar-refractivity contribution in [3.8, 4) is 0 Å². The summed E-state index contributed by atoms with van der Waals surface area (Å²) in [6.45, 7) is 1.79. The van der Waals surface area contributed by atoms with Crippen LogP contribution in [0, 0.1) is 17.5 Å². The zero-order valence-electron chi connectivity index (χ0n) is 16.5. The molecule has 0 saturated carbocycles. The van der Waals surface area contributed by atoms with E-state index in [0.717, 1.165) is 38.1 Å². The molecule has 4 N–H and O–H groups in total. The molecule has 1 unspecified atom stereocenters. The van der Waals surface area contributed by atoms with Gasteiger partial charge in [0, 0.05) is 18.2 Å². The van der Waals surface area contributed by atoms with Gasteiger partial charge in [-0.15, -0.1) is 0 Å². The molecule has 1 saturated heterocycles. The first-order valence-electron chi connectivity index (χ1n) is 9.62. The van der Waals surface area contributed by atoms with Crippen LogP contribution in [0.2, 0.25) is 5.02 Å². The maximum absolute atomic E-state index is 14.4. The molecule has 3 aromatic rings. The lowest BCUT2D eigenvalue weighted by atomic mass is 10.1.